The molecule has 0 spiro atoms. The second-order valence-electron chi connectivity index (χ2n) is 5.15. The van der Waals surface area contributed by atoms with Crippen LogP contribution in [0, 0.1) is 0 Å². The van der Waals surface area contributed by atoms with E-state index in [1.165, 1.54) is 0 Å². The van der Waals surface area contributed by atoms with E-state index in [1.807, 2.05) is 35.1 Å². The Hall–Kier alpha value is -0.650. The summed E-state index contributed by atoms with van der Waals surface area (Å²) in [5.41, 5.74) is 1.82. The van der Waals surface area contributed by atoms with Crippen molar-refractivity contribution in [2.45, 2.75) is 45.3 Å². The van der Waals surface area contributed by atoms with Gasteiger partial charge < -0.3 is 5.11 Å². The first kappa shape index (κ1) is 16.7. The Bertz CT molecular complexity index is 594. The second-order valence-corrected chi connectivity index (χ2v) is 6.86. The topological polar surface area (TPSA) is 38.0 Å². The zero-order valence-corrected chi connectivity index (χ0v) is 15.4. The highest BCUT2D eigenvalue weighted by atomic mass is 79.9. The van der Waals surface area contributed by atoms with Crippen LogP contribution >= 0.6 is 31.9 Å². The van der Waals surface area contributed by atoms with Crippen LogP contribution in [0.15, 0.2) is 39.4 Å². The molecule has 0 aliphatic carbocycles. The molecule has 0 fully saturated rings. The molecular formula is C16H20Br2N2O. The lowest BCUT2D eigenvalue weighted by atomic mass is 10.1. The molecule has 0 saturated carbocycles. The number of halogens is 2. The summed E-state index contributed by atoms with van der Waals surface area (Å²) in [5.74, 6) is 0. The summed E-state index contributed by atoms with van der Waals surface area (Å²) in [5, 5.41) is 15.0. The summed E-state index contributed by atoms with van der Waals surface area (Å²) in [6.45, 7) is 4.34. The molecule has 0 radical (unpaired) electrons. The molecular weight excluding hydrogens is 396 g/mol. The minimum atomic E-state index is -0.542. The highest BCUT2D eigenvalue weighted by molar-refractivity contribution is 9.13. The number of rotatable bonds is 6. The molecule has 5 heteroatoms. The number of hydrogen-bond donors (Lipinski definition) is 1. The van der Waals surface area contributed by atoms with Crippen LogP contribution in [-0.4, -0.2) is 14.9 Å². The maximum Gasteiger partial charge on any atom is 0.0846 e. The maximum atomic E-state index is 10.4. The smallest absolute Gasteiger partial charge is 0.0846 e. The van der Waals surface area contributed by atoms with Crippen molar-refractivity contribution >= 4 is 31.9 Å². The number of aliphatic hydroxyl groups is 1. The number of hydrogen-bond acceptors (Lipinski definition) is 2. The van der Waals surface area contributed by atoms with Gasteiger partial charge in [0.05, 0.1) is 17.8 Å². The van der Waals surface area contributed by atoms with Crippen molar-refractivity contribution in [1.29, 1.82) is 0 Å². The van der Waals surface area contributed by atoms with E-state index in [2.05, 4.69) is 50.8 Å². The number of nitrogens with zero attached hydrogens (tertiary/aromatic N) is 2. The zero-order chi connectivity index (χ0) is 15.4. The summed E-state index contributed by atoms with van der Waals surface area (Å²) in [6.07, 6.45) is 4.14. The zero-order valence-electron chi connectivity index (χ0n) is 12.3. The van der Waals surface area contributed by atoms with E-state index in [9.17, 15) is 5.11 Å². The lowest BCUT2D eigenvalue weighted by molar-refractivity contribution is 0.176. The van der Waals surface area contributed by atoms with Crippen LogP contribution in [0.4, 0.5) is 0 Å². The molecule has 0 aliphatic rings. The van der Waals surface area contributed by atoms with Gasteiger partial charge in [0.2, 0.25) is 0 Å². The van der Waals surface area contributed by atoms with Gasteiger partial charge in [0.1, 0.15) is 0 Å². The van der Waals surface area contributed by atoms with Crippen molar-refractivity contribution in [3.63, 3.8) is 0 Å². The van der Waals surface area contributed by atoms with Crippen molar-refractivity contribution in [3.8, 4) is 0 Å². The Morgan fingerprint density at radius 1 is 1.14 bits per heavy atom. The van der Waals surface area contributed by atoms with Gasteiger partial charge in [-0.2, -0.15) is 5.10 Å². The van der Waals surface area contributed by atoms with Gasteiger partial charge in [-0.3, -0.25) is 4.68 Å². The van der Waals surface area contributed by atoms with E-state index in [4.69, 9.17) is 0 Å². The molecule has 1 atom stereocenters. The van der Waals surface area contributed by atoms with E-state index < -0.39 is 6.10 Å². The van der Waals surface area contributed by atoms with Crippen LogP contribution < -0.4 is 0 Å². The summed E-state index contributed by atoms with van der Waals surface area (Å²) < 4.78 is 3.94. The van der Waals surface area contributed by atoms with Crippen molar-refractivity contribution in [1.82, 2.24) is 9.78 Å². The molecule has 114 valence electrons. The van der Waals surface area contributed by atoms with Crippen LogP contribution in [0.25, 0.3) is 0 Å². The first-order valence-electron chi connectivity index (χ1n) is 7.22. The maximum absolute atomic E-state index is 10.4. The standard InChI is InChI=1S/C16H20Br2N2O/c1-3-13(4-2)20-8-7-12(19-20)10-16(21)11-5-6-14(17)15(18)9-11/h5-9,13,16,21H,3-4,10H2,1-2H3. The molecule has 1 aromatic heterocycles. The SMILES string of the molecule is CCC(CC)n1ccc(CC(O)c2ccc(Br)c(Br)c2)n1. The fourth-order valence-electron chi connectivity index (χ4n) is 2.39. The Labute approximate surface area is 142 Å². The molecule has 0 bridgehead atoms. The number of aromatic nitrogens is 2. The first-order valence-corrected chi connectivity index (χ1v) is 8.80. The molecule has 0 saturated heterocycles. The minimum absolute atomic E-state index is 0.442. The van der Waals surface area contributed by atoms with E-state index in [0.29, 0.717) is 12.5 Å². The Morgan fingerprint density at radius 2 is 1.86 bits per heavy atom. The summed E-state index contributed by atoms with van der Waals surface area (Å²) in [6, 6.07) is 8.24. The van der Waals surface area contributed by atoms with Crippen LogP contribution in [-0.2, 0) is 6.42 Å². The predicted molar refractivity (Wildman–Crippen MR) is 92.4 cm³/mol. The minimum Gasteiger partial charge on any atom is -0.388 e. The van der Waals surface area contributed by atoms with Crippen LogP contribution in [0.1, 0.15) is 50.1 Å². The fourth-order valence-corrected chi connectivity index (χ4v) is 3.03. The predicted octanol–water partition coefficient (Wildman–Crippen LogP) is 5.05. The summed E-state index contributed by atoms with van der Waals surface area (Å²) in [4.78, 5) is 0. The highest BCUT2D eigenvalue weighted by Gasteiger charge is 2.13. The normalized spacial score (nSPS) is 12.9. The molecule has 2 aromatic rings. The van der Waals surface area contributed by atoms with E-state index in [-0.39, 0.29) is 0 Å². The van der Waals surface area contributed by atoms with Crippen LogP contribution in [0.5, 0.6) is 0 Å². The van der Waals surface area contributed by atoms with Gasteiger partial charge in [-0.05, 0) is 68.5 Å². The van der Waals surface area contributed by atoms with Crippen LogP contribution in [0.3, 0.4) is 0 Å². The average Bonchev–Trinajstić information content (AvgIpc) is 2.91. The highest BCUT2D eigenvalue weighted by Crippen LogP contribution is 2.27. The third-order valence-electron chi connectivity index (χ3n) is 3.71. The van der Waals surface area contributed by atoms with Crippen molar-refractivity contribution in [2.75, 3.05) is 0 Å². The molecule has 0 amide bonds. The summed E-state index contributed by atoms with van der Waals surface area (Å²) >= 11 is 6.90. The lowest BCUT2D eigenvalue weighted by Gasteiger charge is -2.13. The largest absolute Gasteiger partial charge is 0.388 e. The molecule has 0 aliphatic heterocycles. The van der Waals surface area contributed by atoms with Gasteiger partial charge in [0.15, 0.2) is 0 Å². The Kier molecular flexibility index (Phi) is 6.02. The molecule has 1 unspecified atom stereocenters. The first-order chi connectivity index (χ1) is 10.0. The summed E-state index contributed by atoms with van der Waals surface area (Å²) in [7, 11) is 0. The average molecular weight is 416 g/mol. The number of benzene rings is 1. The Balaban J connectivity index is 2.08. The molecule has 21 heavy (non-hydrogen) atoms. The third-order valence-corrected chi connectivity index (χ3v) is 5.59. The van der Waals surface area contributed by atoms with Gasteiger partial charge in [-0.1, -0.05) is 19.9 Å². The van der Waals surface area contributed by atoms with Crippen molar-refractivity contribution in [2.24, 2.45) is 0 Å². The molecule has 1 heterocycles. The van der Waals surface area contributed by atoms with E-state index in [0.717, 1.165) is 33.0 Å². The van der Waals surface area contributed by atoms with Gasteiger partial charge in [0.25, 0.3) is 0 Å². The molecule has 3 nitrogen and oxygen atoms in total. The monoisotopic (exact) mass is 414 g/mol. The Morgan fingerprint density at radius 3 is 2.48 bits per heavy atom. The van der Waals surface area contributed by atoms with Gasteiger partial charge in [-0.25, -0.2) is 0 Å². The van der Waals surface area contributed by atoms with Crippen molar-refractivity contribution in [3.05, 3.63) is 50.7 Å². The van der Waals surface area contributed by atoms with E-state index in [1.54, 1.807) is 0 Å². The van der Waals surface area contributed by atoms with Crippen LogP contribution in [0.2, 0.25) is 0 Å². The molecule has 2 rings (SSSR count). The second kappa shape index (κ2) is 7.56. The lowest BCUT2D eigenvalue weighted by Crippen LogP contribution is -2.09. The fraction of sp³-hybridized carbons (Fsp3) is 0.438. The van der Waals surface area contributed by atoms with Gasteiger partial charge >= 0.3 is 0 Å². The van der Waals surface area contributed by atoms with Gasteiger partial charge in [-0.15, -0.1) is 0 Å². The van der Waals surface area contributed by atoms with E-state index >= 15 is 0 Å². The van der Waals surface area contributed by atoms with Gasteiger partial charge in [0, 0.05) is 21.6 Å². The quantitative estimate of drug-likeness (QED) is 0.717. The third kappa shape index (κ3) is 4.18. The number of aliphatic hydroxyl groups excluding tert-OH is 1. The molecule has 1 aromatic carbocycles. The molecule has 1 N–H and O–H groups in total. The van der Waals surface area contributed by atoms with Crippen molar-refractivity contribution < 1.29 is 5.11 Å².